The molecule has 19 heavy (non-hydrogen) atoms. The molecular formula is C16H27N3. The molecule has 0 aliphatic heterocycles. The number of hydrogen-bond donors (Lipinski definition) is 1. The lowest BCUT2D eigenvalue weighted by Crippen LogP contribution is -2.26. The van der Waals surface area contributed by atoms with Crippen molar-refractivity contribution in [1.29, 1.82) is 0 Å². The fraction of sp³-hybridized carbons (Fsp3) is 0.688. The predicted molar refractivity (Wildman–Crippen MR) is 82.9 cm³/mol. The average Bonchev–Trinajstić information content (AvgIpc) is 2.46. The highest BCUT2D eigenvalue weighted by atomic mass is 15.1. The third-order valence-electron chi connectivity index (χ3n) is 4.00. The van der Waals surface area contributed by atoms with Crippen LogP contribution in [0.4, 0.5) is 11.5 Å². The molecule has 1 aliphatic rings. The van der Waals surface area contributed by atoms with Gasteiger partial charge in [0.25, 0.3) is 0 Å². The molecule has 3 heteroatoms. The molecule has 0 radical (unpaired) electrons. The Hall–Kier alpha value is -1.25. The summed E-state index contributed by atoms with van der Waals surface area (Å²) in [6, 6.07) is 4.28. The van der Waals surface area contributed by atoms with Crippen LogP contribution in [0.25, 0.3) is 0 Å². The lowest BCUT2D eigenvalue weighted by molar-refractivity contribution is 0.362. The molecule has 0 spiro atoms. The first-order chi connectivity index (χ1) is 9.29. The second-order valence-corrected chi connectivity index (χ2v) is 5.71. The predicted octanol–water partition coefficient (Wildman–Crippen LogP) is 3.92. The van der Waals surface area contributed by atoms with E-state index in [1.165, 1.54) is 44.3 Å². The van der Waals surface area contributed by atoms with Crippen molar-refractivity contribution in [2.24, 2.45) is 5.92 Å². The van der Waals surface area contributed by atoms with E-state index in [4.69, 9.17) is 0 Å². The maximum atomic E-state index is 4.37. The van der Waals surface area contributed by atoms with Gasteiger partial charge >= 0.3 is 0 Å². The fourth-order valence-electron chi connectivity index (χ4n) is 2.87. The molecule has 3 nitrogen and oxygen atoms in total. The topological polar surface area (TPSA) is 28.2 Å². The van der Waals surface area contributed by atoms with Crippen LogP contribution in [0.3, 0.4) is 0 Å². The van der Waals surface area contributed by atoms with Gasteiger partial charge in [0.05, 0.1) is 0 Å². The van der Waals surface area contributed by atoms with Crippen LogP contribution in [0, 0.1) is 5.92 Å². The van der Waals surface area contributed by atoms with E-state index in [1.54, 1.807) is 0 Å². The Morgan fingerprint density at radius 2 is 2.11 bits per heavy atom. The maximum absolute atomic E-state index is 4.37. The zero-order valence-corrected chi connectivity index (χ0v) is 12.4. The summed E-state index contributed by atoms with van der Waals surface area (Å²) in [5.41, 5.74) is 1.28. The Kier molecular flexibility index (Phi) is 5.49. The molecule has 1 aromatic rings. The summed E-state index contributed by atoms with van der Waals surface area (Å²) in [6.45, 7) is 4.34. The quantitative estimate of drug-likeness (QED) is 0.841. The number of hydrogen-bond acceptors (Lipinski definition) is 3. The third-order valence-corrected chi connectivity index (χ3v) is 4.00. The second-order valence-electron chi connectivity index (χ2n) is 5.71. The Labute approximate surface area is 117 Å². The smallest absolute Gasteiger partial charge is 0.127 e. The summed E-state index contributed by atoms with van der Waals surface area (Å²) in [5, 5.41) is 3.36. The van der Waals surface area contributed by atoms with Crippen LogP contribution in [0.2, 0.25) is 0 Å². The minimum atomic E-state index is 0.874. The molecule has 0 bridgehead atoms. The van der Waals surface area contributed by atoms with E-state index in [0.29, 0.717) is 0 Å². The summed E-state index contributed by atoms with van der Waals surface area (Å²) < 4.78 is 0. The van der Waals surface area contributed by atoms with Crippen LogP contribution in [0.5, 0.6) is 0 Å². The largest absolute Gasteiger partial charge is 0.374 e. The van der Waals surface area contributed by atoms with E-state index < -0.39 is 0 Å². The third kappa shape index (κ3) is 4.41. The van der Waals surface area contributed by atoms with Crippen LogP contribution in [-0.4, -0.2) is 25.1 Å². The highest BCUT2D eigenvalue weighted by molar-refractivity contribution is 5.53. The molecule has 1 N–H and O–H groups in total. The minimum absolute atomic E-state index is 0.874. The van der Waals surface area contributed by atoms with Crippen LogP contribution in [0.1, 0.15) is 45.4 Å². The van der Waals surface area contributed by atoms with Crippen LogP contribution < -0.4 is 10.2 Å². The zero-order valence-electron chi connectivity index (χ0n) is 12.4. The van der Waals surface area contributed by atoms with Gasteiger partial charge in [0, 0.05) is 38.1 Å². The van der Waals surface area contributed by atoms with Crippen molar-refractivity contribution in [3.63, 3.8) is 0 Å². The number of nitrogens with zero attached hydrogens (tertiary/aromatic N) is 2. The summed E-state index contributed by atoms with van der Waals surface area (Å²) in [6.07, 6.45) is 10.1. The van der Waals surface area contributed by atoms with E-state index >= 15 is 0 Å². The molecule has 1 fully saturated rings. The second kappa shape index (κ2) is 7.37. The maximum Gasteiger partial charge on any atom is 0.127 e. The minimum Gasteiger partial charge on any atom is -0.374 e. The number of pyridine rings is 1. The van der Waals surface area contributed by atoms with Gasteiger partial charge in [-0.2, -0.15) is 0 Å². The fourth-order valence-corrected chi connectivity index (χ4v) is 2.87. The number of anilines is 2. The molecule has 0 aromatic carbocycles. The molecule has 0 saturated heterocycles. The first-order valence-corrected chi connectivity index (χ1v) is 7.70. The van der Waals surface area contributed by atoms with E-state index in [-0.39, 0.29) is 0 Å². The van der Waals surface area contributed by atoms with E-state index in [0.717, 1.165) is 24.7 Å². The van der Waals surface area contributed by atoms with Crippen LogP contribution >= 0.6 is 0 Å². The van der Waals surface area contributed by atoms with Gasteiger partial charge in [0.15, 0.2) is 0 Å². The summed E-state index contributed by atoms with van der Waals surface area (Å²) in [5.74, 6) is 1.87. The number of nitrogens with one attached hydrogen (secondary N) is 1. The number of aromatic nitrogens is 1. The average molecular weight is 261 g/mol. The Morgan fingerprint density at radius 1 is 1.32 bits per heavy atom. The molecule has 1 aliphatic carbocycles. The normalized spacial score (nSPS) is 16.3. The molecule has 2 rings (SSSR count). The first-order valence-electron chi connectivity index (χ1n) is 7.70. The van der Waals surface area contributed by atoms with E-state index in [2.05, 4.69) is 41.3 Å². The molecule has 1 aromatic heterocycles. The zero-order chi connectivity index (χ0) is 13.5. The van der Waals surface area contributed by atoms with Gasteiger partial charge in [-0.25, -0.2) is 4.98 Å². The first kappa shape index (κ1) is 14.2. The highest BCUT2D eigenvalue weighted by Gasteiger charge is 2.15. The van der Waals surface area contributed by atoms with Crippen molar-refractivity contribution in [3.8, 4) is 0 Å². The molecule has 1 heterocycles. The van der Waals surface area contributed by atoms with Gasteiger partial charge in [-0.1, -0.05) is 26.2 Å². The van der Waals surface area contributed by atoms with Gasteiger partial charge in [0.1, 0.15) is 5.82 Å². The molecule has 0 unspecified atom stereocenters. The molecule has 106 valence electrons. The Morgan fingerprint density at radius 3 is 2.84 bits per heavy atom. The summed E-state index contributed by atoms with van der Waals surface area (Å²) in [7, 11) is 2.20. The SMILES string of the molecule is CCCNc1cc(N(C)CC2CCCCC2)ccn1. The Bertz CT molecular complexity index is 372. The molecule has 1 saturated carbocycles. The summed E-state index contributed by atoms with van der Waals surface area (Å²) in [4.78, 5) is 6.75. The van der Waals surface area contributed by atoms with Gasteiger partial charge in [-0.15, -0.1) is 0 Å². The van der Waals surface area contributed by atoms with Gasteiger partial charge in [0.2, 0.25) is 0 Å². The standard InChI is InChI=1S/C16H27N3/c1-3-10-17-16-12-15(9-11-18-16)19(2)13-14-7-5-4-6-8-14/h9,11-12,14H,3-8,10,13H2,1-2H3,(H,17,18). The van der Waals surface area contributed by atoms with Gasteiger partial charge in [-0.3, -0.25) is 0 Å². The van der Waals surface area contributed by atoms with Crippen molar-refractivity contribution in [2.45, 2.75) is 45.4 Å². The van der Waals surface area contributed by atoms with Gasteiger partial charge < -0.3 is 10.2 Å². The van der Waals surface area contributed by atoms with Crippen LogP contribution in [0.15, 0.2) is 18.3 Å². The molecule has 0 amide bonds. The molecular weight excluding hydrogens is 234 g/mol. The number of rotatable bonds is 6. The van der Waals surface area contributed by atoms with E-state index in [9.17, 15) is 0 Å². The van der Waals surface area contributed by atoms with Crippen molar-refractivity contribution < 1.29 is 0 Å². The van der Waals surface area contributed by atoms with Crippen molar-refractivity contribution in [3.05, 3.63) is 18.3 Å². The summed E-state index contributed by atoms with van der Waals surface area (Å²) >= 11 is 0. The van der Waals surface area contributed by atoms with Gasteiger partial charge in [-0.05, 0) is 31.2 Å². The van der Waals surface area contributed by atoms with E-state index in [1.807, 2.05) is 6.20 Å². The lowest BCUT2D eigenvalue weighted by Gasteiger charge is -2.28. The van der Waals surface area contributed by atoms with Crippen LogP contribution in [-0.2, 0) is 0 Å². The lowest BCUT2D eigenvalue weighted by atomic mass is 9.89. The molecule has 0 atom stereocenters. The van der Waals surface area contributed by atoms with Crippen molar-refractivity contribution >= 4 is 11.5 Å². The van der Waals surface area contributed by atoms with Crippen molar-refractivity contribution in [1.82, 2.24) is 4.98 Å². The monoisotopic (exact) mass is 261 g/mol. The Balaban J connectivity index is 1.91. The highest BCUT2D eigenvalue weighted by Crippen LogP contribution is 2.26. The van der Waals surface area contributed by atoms with Crippen molar-refractivity contribution in [2.75, 3.05) is 30.4 Å².